The molecular formula is C27H17N5O5. The van der Waals surface area contributed by atoms with Crippen LogP contribution in [0.15, 0.2) is 99.3 Å². The van der Waals surface area contributed by atoms with E-state index in [9.17, 15) is 24.5 Å². The molecule has 0 bridgehead atoms. The standard InChI is InChI=1S/C27H17N5O5/c1-29-24-22(23-20(25(29)33)15-16-14-19(32(36)37)12-13-21(16)28-23)26(34)31(18-10-6-3-7-11-18)27(35)30(24)17-8-4-2-5-9-17/h2-15H,1H3. The fourth-order valence-electron chi connectivity index (χ4n) is 4.64. The molecule has 3 heterocycles. The van der Waals surface area contributed by atoms with Gasteiger partial charge < -0.3 is 0 Å². The van der Waals surface area contributed by atoms with Crippen molar-refractivity contribution < 1.29 is 4.92 Å². The lowest BCUT2D eigenvalue weighted by molar-refractivity contribution is -0.384. The first-order valence-electron chi connectivity index (χ1n) is 11.3. The molecule has 0 saturated heterocycles. The van der Waals surface area contributed by atoms with E-state index in [1.807, 2.05) is 0 Å². The Labute approximate surface area is 207 Å². The van der Waals surface area contributed by atoms with Crippen molar-refractivity contribution in [2.45, 2.75) is 0 Å². The summed E-state index contributed by atoms with van der Waals surface area (Å²) in [5.74, 6) is 0. The normalized spacial score (nSPS) is 11.4. The second kappa shape index (κ2) is 8.09. The molecule has 0 fully saturated rings. The molecule has 0 atom stereocenters. The van der Waals surface area contributed by atoms with Crippen molar-refractivity contribution in [3.05, 3.63) is 126 Å². The van der Waals surface area contributed by atoms with Crippen LogP contribution in [0.25, 0.3) is 44.2 Å². The molecule has 0 N–H and O–H groups in total. The fraction of sp³-hybridized carbons (Fsp3) is 0.0370. The highest BCUT2D eigenvalue weighted by molar-refractivity contribution is 6.06. The lowest BCUT2D eigenvalue weighted by Gasteiger charge is -2.17. The van der Waals surface area contributed by atoms with Crippen LogP contribution in [0.3, 0.4) is 0 Å². The van der Waals surface area contributed by atoms with Gasteiger partial charge in [-0.3, -0.25) is 24.3 Å². The van der Waals surface area contributed by atoms with E-state index in [1.165, 1.54) is 40.4 Å². The van der Waals surface area contributed by atoms with Gasteiger partial charge in [0.05, 0.1) is 32.7 Å². The minimum atomic E-state index is -0.638. The molecule has 10 nitrogen and oxygen atoms in total. The number of aromatic nitrogens is 4. The van der Waals surface area contributed by atoms with Crippen LogP contribution in [-0.4, -0.2) is 23.6 Å². The van der Waals surface area contributed by atoms with E-state index in [-0.39, 0.29) is 27.6 Å². The Morgan fingerprint density at radius 2 is 1.41 bits per heavy atom. The predicted octanol–water partition coefficient (Wildman–Crippen LogP) is 3.45. The van der Waals surface area contributed by atoms with Crippen LogP contribution in [-0.2, 0) is 7.05 Å². The molecule has 10 heteroatoms. The van der Waals surface area contributed by atoms with Crippen molar-refractivity contribution in [1.82, 2.24) is 18.7 Å². The van der Waals surface area contributed by atoms with Crippen molar-refractivity contribution in [1.29, 1.82) is 0 Å². The maximum atomic E-state index is 14.0. The average molecular weight is 491 g/mol. The van der Waals surface area contributed by atoms with Gasteiger partial charge in [0.15, 0.2) is 0 Å². The van der Waals surface area contributed by atoms with Gasteiger partial charge in [0.1, 0.15) is 11.0 Å². The van der Waals surface area contributed by atoms with Crippen LogP contribution in [0.5, 0.6) is 0 Å². The van der Waals surface area contributed by atoms with Crippen molar-refractivity contribution in [2.75, 3.05) is 0 Å². The summed E-state index contributed by atoms with van der Waals surface area (Å²) in [7, 11) is 1.48. The lowest BCUT2D eigenvalue weighted by Crippen LogP contribution is -2.40. The summed E-state index contributed by atoms with van der Waals surface area (Å²) in [6.45, 7) is 0. The van der Waals surface area contributed by atoms with Crippen LogP contribution in [0.1, 0.15) is 0 Å². The first-order chi connectivity index (χ1) is 17.9. The number of para-hydroxylation sites is 2. The molecule has 0 amide bonds. The van der Waals surface area contributed by atoms with Gasteiger partial charge in [0.2, 0.25) is 0 Å². The molecule has 0 aliphatic carbocycles. The largest absolute Gasteiger partial charge is 0.341 e. The lowest BCUT2D eigenvalue weighted by atomic mass is 10.1. The number of nitrogens with zero attached hydrogens (tertiary/aromatic N) is 5. The van der Waals surface area contributed by atoms with Crippen LogP contribution < -0.4 is 16.8 Å². The topological polar surface area (TPSA) is 122 Å². The van der Waals surface area contributed by atoms with Crippen LogP contribution >= 0.6 is 0 Å². The SMILES string of the molecule is Cn1c(=O)c2cc3cc([N+](=O)[O-])ccc3nc2c2c(=O)n(-c3ccccc3)c(=O)n(-c3ccccc3)c21. The minimum Gasteiger partial charge on any atom is -0.296 e. The highest BCUT2D eigenvalue weighted by Crippen LogP contribution is 2.26. The number of hydrogen-bond acceptors (Lipinski definition) is 6. The van der Waals surface area contributed by atoms with Gasteiger partial charge in [-0.1, -0.05) is 36.4 Å². The van der Waals surface area contributed by atoms with E-state index in [1.54, 1.807) is 60.7 Å². The second-order valence-corrected chi connectivity index (χ2v) is 8.51. The minimum absolute atomic E-state index is 0.0738. The van der Waals surface area contributed by atoms with Gasteiger partial charge in [0.25, 0.3) is 16.8 Å². The van der Waals surface area contributed by atoms with Gasteiger partial charge in [-0.05, 0) is 36.4 Å². The van der Waals surface area contributed by atoms with Gasteiger partial charge in [0, 0.05) is 24.6 Å². The first kappa shape index (κ1) is 22.1. The van der Waals surface area contributed by atoms with Gasteiger partial charge in [-0.25, -0.2) is 18.9 Å². The summed E-state index contributed by atoms with van der Waals surface area (Å²) in [6, 6.07) is 22.8. The van der Waals surface area contributed by atoms with E-state index >= 15 is 0 Å². The van der Waals surface area contributed by atoms with Crippen LogP contribution in [0.2, 0.25) is 0 Å². The molecular weight excluding hydrogens is 474 g/mol. The number of nitro groups is 1. The molecule has 180 valence electrons. The third-order valence-corrected chi connectivity index (χ3v) is 6.36. The van der Waals surface area contributed by atoms with E-state index in [0.717, 1.165) is 4.57 Å². The van der Waals surface area contributed by atoms with Crippen LogP contribution in [0, 0.1) is 10.1 Å². The quantitative estimate of drug-likeness (QED) is 0.162. The smallest absolute Gasteiger partial charge is 0.296 e. The molecule has 0 saturated carbocycles. The Morgan fingerprint density at radius 3 is 2.03 bits per heavy atom. The van der Waals surface area contributed by atoms with Gasteiger partial charge in [-0.15, -0.1) is 0 Å². The van der Waals surface area contributed by atoms with E-state index in [2.05, 4.69) is 4.98 Å². The number of aryl methyl sites for hydroxylation is 1. The zero-order valence-corrected chi connectivity index (χ0v) is 19.4. The molecule has 3 aromatic carbocycles. The molecule has 0 aliphatic heterocycles. The third kappa shape index (κ3) is 3.27. The Kier molecular flexibility index (Phi) is 4.83. The Morgan fingerprint density at radius 1 is 0.784 bits per heavy atom. The monoisotopic (exact) mass is 491 g/mol. The molecule has 37 heavy (non-hydrogen) atoms. The van der Waals surface area contributed by atoms with Gasteiger partial charge in [-0.2, -0.15) is 0 Å². The number of nitro benzene ring substituents is 1. The summed E-state index contributed by atoms with van der Waals surface area (Å²) in [4.78, 5) is 56.7. The Balaban J connectivity index is 1.89. The van der Waals surface area contributed by atoms with Crippen molar-refractivity contribution in [2.24, 2.45) is 7.05 Å². The van der Waals surface area contributed by atoms with Crippen molar-refractivity contribution in [3.8, 4) is 11.4 Å². The maximum absolute atomic E-state index is 14.0. The van der Waals surface area contributed by atoms with E-state index in [0.29, 0.717) is 22.3 Å². The summed E-state index contributed by atoms with van der Waals surface area (Å²) >= 11 is 0. The number of pyridine rings is 2. The van der Waals surface area contributed by atoms with Crippen molar-refractivity contribution >= 4 is 38.5 Å². The summed E-state index contributed by atoms with van der Waals surface area (Å²) in [5, 5.41) is 11.8. The molecule has 0 unspecified atom stereocenters. The highest BCUT2D eigenvalue weighted by Gasteiger charge is 2.23. The molecule has 0 radical (unpaired) electrons. The fourth-order valence-corrected chi connectivity index (χ4v) is 4.64. The predicted molar refractivity (Wildman–Crippen MR) is 140 cm³/mol. The molecule has 3 aromatic heterocycles. The summed E-state index contributed by atoms with van der Waals surface area (Å²) in [6.07, 6.45) is 0. The zero-order valence-electron chi connectivity index (χ0n) is 19.4. The number of rotatable bonds is 3. The van der Waals surface area contributed by atoms with Crippen molar-refractivity contribution in [3.63, 3.8) is 0 Å². The molecule has 0 aliphatic rings. The highest BCUT2D eigenvalue weighted by atomic mass is 16.6. The molecule has 0 spiro atoms. The summed E-state index contributed by atoms with van der Waals surface area (Å²) in [5.41, 5.74) is -0.502. The zero-order chi connectivity index (χ0) is 25.8. The van der Waals surface area contributed by atoms with Gasteiger partial charge >= 0.3 is 5.69 Å². The molecule has 6 aromatic rings. The van der Waals surface area contributed by atoms with Crippen LogP contribution in [0.4, 0.5) is 5.69 Å². The van der Waals surface area contributed by atoms with E-state index in [4.69, 9.17) is 0 Å². The van der Waals surface area contributed by atoms with E-state index < -0.39 is 21.7 Å². The molecule has 6 rings (SSSR count). The second-order valence-electron chi connectivity index (χ2n) is 8.51. The number of hydrogen-bond donors (Lipinski definition) is 0. The third-order valence-electron chi connectivity index (χ3n) is 6.36. The first-order valence-corrected chi connectivity index (χ1v) is 11.3. The number of non-ortho nitro benzene ring substituents is 1. The maximum Gasteiger partial charge on any atom is 0.341 e. The number of benzene rings is 3. The summed E-state index contributed by atoms with van der Waals surface area (Å²) < 4.78 is 3.63. The number of fused-ring (bicyclic) bond motifs is 4. The Bertz CT molecular complexity index is 2080. The average Bonchev–Trinajstić information content (AvgIpc) is 2.91. The Hall–Kier alpha value is -5.38.